The topological polar surface area (TPSA) is 23.6 Å². The number of carbonyl (C=O) groups excluding carboxylic acids is 1. The Kier molecular flexibility index (Phi) is 4.18. The lowest BCUT2D eigenvalue weighted by molar-refractivity contribution is -0.140. The van der Waals surface area contributed by atoms with Crippen molar-refractivity contribution >= 4 is 23.1 Å². The number of hydrogen-bond acceptors (Lipinski definition) is 2. The largest absolute Gasteiger partial charge is 0.365 e. The van der Waals surface area contributed by atoms with E-state index >= 15 is 0 Å². The molecule has 4 heteroatoms. The monoisotopic (exact) mass is 318 g/mol. The first-order chi connectivity index (χ1) is 10.5. The van der Waals surface area contributed by atoms with Crippen LogP contribution >= 0.6 is 11.6 Å². The van der Waals surface area contributed by atoms with Crippen molar-refractivity contribution in [1.29, 1.82) is 0 Å². The van der Waals surface area contributed by atoms with Gasteiger partial charge in [0.2, 0.25) is 5.91 Å². The number of rotatable bonds is 3. The molecule has 3 nitrogen and oxygen atoms in total. The third-order valence-electron chi connectivity index (χ3n) is 5.06. The molecular weight excluding hydrogens is 296 g/mol. The van der Waals surface area contributed by atoms with E-state index in [-0.39, 0.29) is 5.91 Å². The molecule has 2 unspecified atom stereocenters. The Bertz CT molecular complexity index is 596. The third-order valence-corrected chi connectivity index (χ3v) is 5.31. The summed E-state index contributed by atoms with van der Waals surface area (Å²) in [5.41, 5.74) is 3.84. The second-order valence-corrected chi connectivity index (χ2v) is 6.76. The van der Waals surface area contributed by atoms with Crippen LogP contribution in [0, 0.1) is 0 Å². The third kappa shape index (κ3) is 2.63. The summed E-state index contributed by atoms with van der Waals surface area (Å²) >= 11 is 5.97. The van der Waals surface area contributed by atoms with E-state index in [0.717, 1.165) is 18.1 Å². The van der Waals surface area contributed by atoms with E-state index in [1.165, 1.54) is 23.3 Å². The van der Waals surface area contributed by atoms with E-state index in [4.69, 9.17) is 11.6 Å². The number of allylic oxidation sites excluding steroid dienone is 2. The highest BCUT2D eigenvalue weighted by molar-refractivity contribution is 6.30. The van der Waals surface area contributed by atoms with Gasteiger partial charge in [0, 0.05) is 42.3 Å². The molecule has 22 heavy (non-hydrogen) atoms. The van der Waals surface area contributed by atoms with Crippen LogP contribution in [0.3, 0.4) is 0 Å². The van der Waals surface area contributed by atoms with Crippen LogP contribution in [0.5, 0.6) is 0 Å². The lowest BCUT2D eigenvalue weighted by Crippen LogP contribution is -2.68. The highest BCUT2D eigenvalue weighted by Crippen LogP contribution is 2.38. The predicted molar refractivity (Wildman–Crippen MR) is 90.6 cm³/mol. The molecule has 0 aliphatic carbocycles. The SMILES string of the molecule is CCC(=O)N1CC2CC(C1)N2C(C)=C(C)c1ccc(Cl)cc1. The molecule has 1 aromatic carbocycles. The average Bonchev–Trinajstić information content (AvgIpc) is 2.54. The number of hydrogen-bond donors (Lipinski definition) is 0. The molecule has 3 fully saturated rings. The van der Waals surface area contributed by atoms with Crippen LogP contribution in [0.4, 0.5) is 0 Å². The first-order valence-electron chi connectivity index (χ1n) is 8.00. The van der Waals surface area contributed by atoms with Crippen LogP contribution < -0.4 is 0 Å². The summed E-state index contributed by atoms with van der Waals surface area (Å²) in [6, 6.07) is 8.99. The molecule has 0 aromatic heterocycles. The predicted octanol–water partition coefficient (Wildman–Crippen LogP) is 3.79. The van der Waals surface area contributed by atoms with Crippen molar-refractivity contribution in [3.8, 4) is 0 Å². The smallest absolute Gasteiger partial charge is 0.222 e. The maximum Gasteiger partial charge on any atom is 0.222 e. The summed E-state index contributed by atoms with van der Waals surface area (Å²) < 4.78 is 0. The fraction of sp³-hybridized carbons (Fsp3) is 0.500. The molecule has 2 atom stereocenters. The lowest BCUT2D eigenvalue weighted by Gasteiger charge is -2.58. The number of benzene rings is 1. The highest BCUT2D eigenvalue weighted by Gasteiger charge is 2.45. The second-order valence-electron chi connectivity index (χ2n) is 6.32. The van der Waals surface area contributed by atoms with Crippen LogP contribution in [-0.2, 0) is 4.79 Å². The summed E-state index contributed by atoms with van der Waals surface area (Å²) in [7, 11) is 0. The minimum Gasteiger partial charge on any atom is -0.365 e. The van der Waals surface area contributed by atoms with Gasteiger partial charge in [0.15, 0.2) is 0 Å². The van der Waals surface area contributed by atoms with Crippen molar-refractivity contribution in [3.63, 3.8) is 0 Å². The maximum absolute atomic E-state index is 11.9. The number of nitrogens with zero attached hydrogens (tertiary/aromatic N) is 2. The Morgan fingerprint density at radius 2 is 1.77 bits per heavy atom. The number of piperazine rings is 1. The van der Waals surface area contributed by atoms with Crippen molar-refractivity contribution in [2.45, 2.75) is 45.7 Å². The molecule has 0 saturated carbocycles. The molecule has 4 rings (SSSR count). The fourth-order valence-electron chi connectivity index (χ4n) is 3.69. The Balaban J connectivity index is 1.77. The summed E-state index contributed by atoms with van der Waals surface area (Å²) in [5.74, 6) is 0.283. The number of piperidine rings is 1. The molecule has 3 aliphatic rings. The highest BCUT2D eigenvalue weighted by atomic mass is 35.5. The van der Waals surface area contributed by atoms with E-state index in [0.29, 0.717) is 18.5 Å². The first kappa shape index (κ1) is 15.4. The Morgan fingerprint density at radius 1 is 1.18 bits per heavy atom. The van der Waals surface area contributed by atoms with Crippen LogP contribution in [0.25, 0.3) is 5.57 Å². The standard InChI is InChI=1S/C18H23ClN2O/c1-4-18(22)20-10-16-9-17(11-20)21(16)13(3)12(2)14-5-7-15(19)8-6-14/h5-8,16-17H,4,9-11H2,1-3H3. The second kappa shape index (κ2) is 5.96. The molecule has 1 aromatic rings. The van der Waals surface area contributed by atoms with Crippen molar-refractivity contribution < 1.29 is 4.79 Å². The minimum absolute atomic E-state index is 0.283. The number of amides is 1. The zero-order valence-electron chi connectivity index (χ0n) is 13.5. The molecule has 1 amide bonds. The van der Waals surface area contributed by atoms with Gasteiger partial charge in [-0.05, 0) is 43.5 Å². The molecule has 118 valence electrons. The average molecular weight is 319 g/mol. The fourth-order valence-corrected chi connectivity index (χ4v) is 3.81. The van der Waals surface area contributed by atoms with E-state index in [1.807, 2.05) is 24.0 Å². The van der Waals surface area contributed by atoms with Crippen molar-refractivity contribution in [2.24, 2.45) is 0 Å². The molecular formula is C18H23ClN2O. The van der Waals surface area contributed by atoms with Gasteiger partial charge < -0.3 is 9.80 Å². The van der Waals surface area contributed by atoms with Gasteiger partial charge in [0.05, 0.1) is 0 Å². The zero-order valence-corrected chi connectivity index (χ0v) is 14.2. The molecule has 0 N–H and O–H groups in total. The molecule has 3 aliphatic heterocycles. The summed E-state index contributed by atoms with van der Waals surface area (Å²) in [5, 5.41) is 0.767. The maximum atomic E-state index is 11.9. The van der Waals surface area contributed by atoms with E-state index in [9.17, 15) is 4.79 Å². The number of halogens is 1. The van der Waals surface area contributed by atoms with Gasteiger partial charge in [-0.2, -0.15) is 0 Å². The van der Waals surface area contributed by atoms with Crippen LogP contribution in [0.1, 0.15) is 39.2 Å². The van der Waals surface area contributed by atoms with Crippen LogP contribution in [0.2, 0.25) is 5.02 Å². The van der Waals surface area contributed by atoms with Crippen molar-refractivity contribution in [3.05, 3.63) is 40.5 Å². The summed E-state index contributed by atoms with van der Waals surface area (Å²) in [6.45, 7) is 8.04. The normalized spacial score (nSPS) is 24.7. The number of fused-ring (bicyclic) bond motifs is 2. The lowest BCUT2D eigenvalue weighted by atomic mass is 9.85. The van der Waals surface area contributed by atoms with Gasteiger partial charge in [-0.15, -0.1) is 0 Å². The van der Waals surface area contributed by atoms with Crippen molar-refractivity contribution in [1.82, 2.24) is 9.80 Å². The Hall–Kier alpha value is -1.48. The van der Waals surface area contributed by atoms with Gasteiger partial charge in [-0.3, -0.25) is 4.79 Å². The first-order valence-corrected chi connectivity index (χ1v) is 8.38. The molecule has 0 radical (unpaired) electrons. The van der Waals surface area contributed by atoms with Gasteiger partial charge in [0.1, 0.15) is 0 Å². The summed E-state index contributed by atoms with van der Waals surface area (Å²) in [4.78, 5) is 16.4. The minimum atomic E-state index is 0.283. The van der Waals surface area contributed by atoms with Gasteiger partial charge in [0.25, 0.3) is 0 Å². The van der Waals surface area contributed by atoms with Gasteiger partial charge >= 0.3 is 0 Å². The quantitative estimate of drug-likeness (QED) is 0.846. The number of carbonyl (C=O) groups is 1. The molecule has 3 heterocycles. The van der Waals surface area contributed by atoms with Crippen LogP contribution in [0.15, 0.2) is 30.0 Å². The Morgan fingerprint density at radius 3 is 2.32 bits per heavy atom. The van der Waals surface area contributed by atoms with E-state index < -0.39 is 0 Å². The van der Waals surface area contributed by atoms with Gasteiger partial charge in [-0.25, -0.2) is 0 Å². The van der Waals surface area contributed by atoms with Crippen molar-refractivity contribution in [2.75, 3.05) is 13.1 Å². The summed E-state index contributed by atoms with van der Waals surface area (Å²) in [6.07, 6.45) is 1.82. The molecule has 0 spiro atoms. The molecule has 3 saturated heterocycles. The Labute approximate surface area is 137 Å². The van der Waals surface area contributed by atoms with Gasteiger partial charge in [-0.1, -0.05) is 30.7 Å². The van der Waals surface area contributed by atoms with E-state index in [2.05, 4.69) is 30.9 Å². The van der Waals surface area contributed by atoms with E-state index in [1.54, 1.807) is 0 Å². The van der Waals surface area contributed by atoms with Crippen LogP contribution in [-0.4, -0.2) is 40.9 Å². The zero-order chi connectivity index (χ0) is 15.9. The molecule has 2 bridgehead atoms.